The van der Waals surface area contributed by atoms with Crippen LogP contribution in [0.1, 0.15) is 336 Å². The van der Waals surface area contributed by atoms with Gasteiger partial charge in [0.1, 0.15) is 6.61 Å². The SMILES string of the molecule is CCCCCCCCCCCCCC(=O)OCC(COC(=O)CCCCCCCCCCCCC)COP(=O)(O)OCCNC(=O)CN(CCN(CCN(CC(=O)O)CC(=O)NCCOP(=O)(O)OC[C@@H](COC(=O)CCCCCCCCCCCCC)OC(=O)CCCCCCCCCCCCC)CC(=O)O)CC(=O)O. The zero-order valence-electron chi connectivity index (χ0n) is 69.6. The number of carbonyl (C=O) groups excluding carboxylic acids is 6. The maximum Gasteiger partial charge on any atom is 0.472 e. The van der Waals surface area contributed by atoms with Crippen LogP contribution in [0.4, 0.5) is 0 Å². The van der Waals surface area contributed by atoms with E-state index in [1.807, 2.05) is 0 Å². The number of carboxylic acid groups (broad SMARTS) is 3. The van der Waals surface area contributed by atoms with Crippen molar-refractivity contribution in [1.29, 1.82) is 0 Å². The number of nitrogens with zero attached hydrogens (tertiary/aromatic N) is 3. The van der Waals surface area contributed by atoms with Crippen molar-refractivity contribution in [3.8, 4) is 0 Å². The minimum absolute atomic E-state index is 0.0860. The zero-order chi connectivity index (χ0) is 82.8. The minimum atomic E-state index is -4.86. The monoisotopic (exact) mass is 1640 g/mol. The fourth-order valence-corrected chi connectivity index (χ4v) is 14.1. The summed E-state index contributed by atoms with van der Waals surface area (Å²) in [5.41, 5.74) is 0. The Kier molecular flexibility index (Phi) is 72.0. The molecule has 0 spiro atoms. The minimum Gasteiger partial charge on any atom is -0.480 e. The molecule has 0 radical (unpaired) electrons. The molecule has 0 rings (SSSR count). The van der Waals surface area contributed by atoms with Gasteiger partial charge >= 0.3 is 57.4 Å². The summed E-state index contributed by atoms with van der Waals surface area (Å²) in [6.07, 6.45) is 47.9. The van der Waals surface area contributed by atoms with Crippen molar-refractivity contribution in [2.24, 2.45) is 5.92 Å². The lowest BCUT2D eigenvalue weighted by Crippen LogP contribution is -2.47. The first-order chi connectivity index (χ1) is 53.9. The third-order valence-corrected chi connectivity index (χ3v) is 21.1. The van der Waals surface area contributed by atoms with Crippen LogP contribution in [0.5, 0.6) is 0 Å². The van der Waals surface area contributed by atoms with Gasteiger partial charge in [0.25, 0.3) is 0 Å². The largest absolute Gasteiger partial charge is 0.480 e. The fourth-order valence-electron chi connectivity index (χ4n) is 12.6. The maximum absolute atomic E-state index is 13.1. The number of esters is 4. The van der Waals surface area contributed by atoms with Crippen LogP contribution in [-0.2, 0) is 89.3 Å². The van der Waals surface area contributed by atoms with Crippen LogP contribution < -0.4 is 10.6 Å². The number of phosphoric acid groups is 2. The molecular formula is C81H153N5O24P2. The highest BCUT2D eigenvalue weighted by molar-refractivity contribution is 7.47. The summed E-state index contributed by atoms with van der Waals surface area (Å²) in [6, 6.07) is 0. The average molecular weight is 1640 g/mol. The van der Waals surface area contributed by atoms with E-state index < -0.39 is 147 Å². The van der Waals surface area contributed by atoms with E-state index in [0.29, 0.717) is 25.7 Å². The van der Waals surface area contributed by atoms with Gasteiger partial charge in [-0.3, -0.25) is 75.9 Å². The summed E-state index contributed by atoms with van der Waals surface area (Å²) in [5, 5.41) is 34.1. The third-order valence-electron chi connectivity index (χ3n) is 19.2. The molecule has 29 nitrogen and oxygen atoms in total. The van der Waals surface area contributed by atoms with Gasteiger partial charge in [0.15, 0.2) is 6.10 Å². The van der Waals surface area contributed by atoms with Crippen LogP contribution in [-0.4, -0.2) is 218 Å². The molecule has 3 atom stereocenters. The van der Waals surface area contributed by atoms with Gasteiger partial charge in [-0.05, 0) is 25.7 Å². The molecule has 2 amide bonds. The molecule has 7 N–H and O–H groups in total. The van der Waals surface area contributed by atoms with E-state index in [9.17, 15) is 77.4 Å². The molecule has 656 valence electrons. The Hall–Kier alpha value is -4.67. The number of aliphatic carboxylic acids is 3. The highest BCUT2D eigenvalue weighted by Crippen LogP contribution is 2.44. The first-order valence-corrected chi connectivity index (χ1v) is 46.2. The van der Waals surface area contributed by atoms with Crippen LogP contribution in [0.25, 0.3) is 0 Å². The van der Waals surface area contributed by atoms with E-state index in [1.54, 1.807) is 0 Å². The first kappa shape index (κ1) is 107. The van der Waals surface area contributed by atoms with Gasteiger partial charge in [-0.25, -0.2) is 9.13 Å². The van der Waals surface area contributed by atoms with Crippen molar-refractivity contribution in [1.82, 2.24) is 25.3 Å². The third kappa shape index (κ3) is 74.2. The highest BCUT2D eigenvalue weighted by atomic mass is 31.2. The molecule has 0 saturated heterocycles. The van der Waals surface area contributed by atoms with Crippen LogP contribution in [0.15, 0.2) is 0 Å². The van der Waals surface area contributed by atoms with E-state index >= 15 is 0 Å². The lowest BCUT2D eigenvalue weighted by molar-refractivity contribution is -0.161. The maximum atomic E-state index is 13.1. The topological polar surface area (TPSA) is 397 Å². The number of carboxylic acids is 3. The summed E-state index contributed by atoms with van der Waals surface area (Å²) in [6.45, 7) is 1.18. The lowest BCUT2D eigenvalue weighted by atomic mass is 10.1. The smallest absolute Gasteiger partial charge is 0.472 e. The van der Waals surface area contributed by atoms with E-state index in [4.69, 9.17) is 37.0 Å². The van der Waals surface area contributed by atoms with Crippen molar-refractivity contribution in [3.63, 3.8) is 0 Å². The molecule has 0 aromatic carbocycles. The van der Waals surface area contributed by atoms with Crippen LogP contribution in [0.2, 0.25) is 0 Å². The van der Waals surface area contributed by atoms with Gasteiger partial charge in [0, 0.05) is 65.0 Å². The van der Waals surface area contributed by atoms with Gasteiger partial charge < -0.3 is 54.7 Å². The second-order valence-electron chi connectivity index (χ2n) is 29.9. The molecule has 0 saturated carbocycles. The number of ether oxygens (including phenoxy) is 4. The van der Waals surface area contributed by atoms with Crippen molar-refractivity contribution < 1.29 is 114 Å². The molecule has 0 aliphatic carbocycles. The molecule has 0 fully saturated rings. The predicted octanol–water partition coefficient (Wildman–Crippen LogP) is 15.6. The number of nitrogens with one attached hydrogen (secondary N) is 2. The quantitative estimate of drug-likeness (QED) is 0.0129. The Morgan fingerprint density at radius 2 is 0.554 bits per heavy atom. The number of hydrogen-bond donors (Lipinski definition) is 7. The number of rotatable bonds is 85. The number of unbranched alkanes of at least 4 members (excludes halogenated alkanes) is 40. The molecule has 0 heterocycles. The average Bonchev–Trinajstić information content (AvgIpc) is 0.915. The molecule has 0 bridgehead atoms. The van der Waals surface area contributed by atoms with Crippen molar-refractivity contribution in [2.75, 3.05) is 118 Å². The zero-order valence-corrected chi connectivity index (χ0v) is 71.3. The molecular weight excluding hydrogens is 1490 g/mol. The number of carbonyl (C=O) groups is 9. The van der Waals surface area contributed by atoms with Crippen LogP contribution in [0, 0.1) is 5.92 Å². The van der Waals surface area contributed by atoms with E-state index in [0.717, 1.165) is 103 Å². The second kappa shape index (κ2) is 75.1. The molecule has 0 aromatic rings. The Morgan fingerprint density at radius 3 is 0.848 bits per heavy atom. The van der Waals surface area contributed by atoms with Gasteiger partial charge in [-0.2, -0.15) is 0 Å². The number of amides is 2. The molecule has 31 heteroatoms. The Labute approximate surface area is 672 Å². The summed E-state index contributed by atoms with van der Waals surface area (Å²) in [7, 11) is -9.68. The summed E-state index contributed by atoms with van der Waals surface area (Å²) in [5.74, 6) is -8.27. The van der Waals surface area contributed by atoms with Gasteiger partial charge in [-0.1, -0.05) is 285 Å². The molecule has 0 aliphatic rings. The van der Waals surface area contributed by atoms with Gasteiger partial charge in [-0.15, -0.1) is 0 Å². The molecule has 112 heavy (non-hydrogen) atoms. The first-order valence-electron chi connectivity index (χ1n) is 43.2. The Morgan fingerprint density at radius 1 is 0.304 bits per heavy atom. The highest BCUT2D eigenvalue weighted by Gasteiger charge is 2.29. The Balaban J connectivity index is 5.47. The molecule has 2 unspecified atom stereocenters. The standard InChI is InChI=1S/C81H153N5O24P2/c1-5-9-13-17-21-25-29-33-37-41-45-49-78(95)103-66-71(67-104-79(96)50-46-42-38-34-30-26-22-18-14-10-6-2)68-108-111(99,100)106-59-53-82-73(87)61-85(64-76(91)92)57-55-84(63-75(89)90)56-58-86(65-77(93)94)62-74(88)83-54-60-107-112(101,102)109-70-72(110-81(98)52-48-44-40-36-32-28-24-20-16-12-8-4)69-105-80(97)51-47-43-39-35-31-27-23-19-15-11-7-3/h71-72H,5-70H2,1-4H3,(H,82,87)(H,83,88)(H,89,90)(H,91,92)(H,93,94)(H,99,100)(H,101,102)/t72-/m1/s1. The number of phosphoric ester groups is 2. The van der Waals surface area contributed by atoms with E-state index in [1.165, 1.54) is 169 Å². The van der Waals surface area contributed by atoms with Gasteiger partial charge in [0.05, 0.1) is 78.3 Å². The molecule has 0 aliphatic heterocycles. The second-order valence-corrected chi connectivity index (χ2v) is 32.8. The predicted molar refractivity (Wildman–Crippen MR) is 432 cm³/mol. The van der Waals surface area contributed by atoms with Crippen LogP contribution in [0.3, 0.4) is 0 Å². The van der Waals surface area contributed by atoms with Gasteiger partial charge in [0.2, 0.25) is 11.8 Å². The summed E-state index contributed by atoms with van der Waals surface area (Å²) < 4.78 is 68.7. The van der Waals surface area contributed by atoms with E-state index in [-0.39, 0.29) is 78.2 Å². The normalized spacial score (nSPS) is 12.9. The molecule has 0 aromatic heterocycles. The number of hydrogen-bond acceptors (Lipinski definition) is 22. The van der Waals surface area contributed by atoms with E-state index in [2.05, 4.69) is 38.3 Å². The Bertz CT molecular complexity index is 2470. The van der Waals surface area contributed by atoms with Crippen LogP contribution >= 0.6 is 15.6 Å². The fraction of sp³-hybridized carbons (Fsp3) is 0.889. The van der Waals surface area contributed by atoms with Crippen molar-refractivity contribution >= 4 is 69.2 Å². The lowest BCUT2D eigenvalue weighted by Gasteiger charge is -2.28. The summed E-state index contributed by atoms with van der Waals surface area (Å²) >= 11 is 0. The van der Waals surface area contributed by atoms with Crippen molar-refractivity contribution in [2.45, 2.75) is 342 Å². The van der Waals surface area contributed by atoms with Crippen molar-refractivity contribution in [3.05, 3.63) is 0 Å². The summed E-state index contributed by atoms with van der Waals surface area (Å²) in [4.78, 5) is 138.